The zero-order valence-electron chi connectivity index (χ0n) is 8.56. The summed E-state index contributed by atoms with van der Waals surface area (Å²) in [5.74, 6) is 0.803. The second kappa shape index (κ2) is 4.11. The highest BCUT2D eigenvalue weighted by molar-refractivity contribution is 5.00. The molecular formula is C10H17N3O. The molecule has 0 unspecified atom stereocenters. The monoisotopic (exact) mass is 195 g/mol. The lowest BCUT2D eigenvalue weighted by Crippen LogP contribution is -2.22. The van der Waals surface area contributed by atoms with Crippen molar-refractivity contribution in [3.63, 3.8) is 0 Å². The van der Waals surface area contributed by atoms with Gasteiger partial charge in [0.05, 0.1) is 12.2 Å². The van der Waals surface area contributed by atoms with Gasteiger partial charge in [-0.25, -0.2) is 0 Å². The number of rotatable bonds is 4. The standard InChI is InChI=1S/C10H17N3O/c1-12(14)8-10-5-6-11-13(10)7-9-3-2-4-9/h5-6,9,14H,2-4,7-8H2,1H3. The van der Waals surface area contributed by atoms with Crippen LogP contribution in [-0.2, 0) is 13.1 Å². The van der Waals surface area contributed by atoms with Crippen molar-refractivity contribution in [1.82, 2.24) is 14.8 Å². The van der Waals surface area contributed by atoms with E-state index in [0.717, 1.165) is 18.2 Å². The minimum Gasteiger partial charge on any atom is -0.314 e. The van der Waals surface area contributed by atoms with Gasteiger partial charge in [0.25, 0.3) is 0 Å². The molecule has 0 saturated heterocycles. The summed E-state index contributed by atoms with van der Waals surface area (Å²) >= 11 is 0. The Labute approximate surface area is 84.1 Å². The van der Waals surface area contributed by atoms with E-state index in [1.165, 1.54) is 24.3 Å². The van der Waals surface area contributed by atoms with Gasteiger partial charge in [-0.1, -0.05) is 6.42 Å². The van der Waals surface area contributed by atoms with Crippen LogP contribution in [0.15, 0.2) is 12.3 Å². The van der Waals surface area contributed by atoms with Gasteiger partial charge >= 0.3 is 0 Å². The van der Waals surface area contributed by atoms with E-state index in [4.69, 9.17) is 5.21 Å². The molecule has 78 valence electrons. The number of hydrogen-bond donors (Lipinski definition) is 1. The lowest BCUT2D eigenvalue weighted by molar-refractivity contribution is -0.0751. The fraction of sp³-hybridized carbons (Fsp3) is 0.700. The van der Waals surface area contributed by atoms with Crippen LogP contribution in [-0.4, -0.2) is 27.1 Å². The van der Waals surface area contributed by atoms with Crippen LogP contribution in [0, 0.1) is 5.92 Å². The average molecular weight is 195 g/mol. The molecule has 0 aliphatic heterocycles. The van der Waals surface area contributed by atoms with Crippen LogP contribution in [0.5, 0.6) is 0 Å². The summed E-state index contributed by atoms with van der Waals surface area (Å²) in [6.45, 7) is 1.56. The predicted octanol–water partition coefficient (Wildman–Crippen LogP) is 1.50. The molecule has 0 aromatic carbocycles. The normalized spacial score (nSPS) is 17.4. The third-order valence-corrected chi connectivity index (χ3v) is 2.85. The van der Waals surface area contributed by atoms with E-state index in [2.05, 4.69) is 5.10 Å². The second-order valence-corrected chi connectivity index (χ2v) is 4.12. The molecule has 14 heavy (non-hydrogen) atoms. The highest BCUT2D eigenvalue weighted by Crippen LogP contribution is 2.27. The van der Waals surface area contributed by atoms with Crippen molar-refractivity contribution in [2.45, 2.75) is 32.4 Å². The van der Waals surface area contributed by atoms with Crippen molar-refractivity contribution in [1.29, 1.82) is 0 Å². The largest absolute Gasteiger partial charge is 0.314 e. The van der Waals surface area contributed by atoms with Gasteiger partial charge in [0, 0.05) is 19.8 Å². The minimum absolute atomic E-state index is 0.548. The molecule has 1 saturated carbocycles. The summed E-state index contributed by atoms with van der Waals surface area (Å²) in [5, 5.41) is 14.6. The summed E-state index contributed by atoms with van der Waals surface area (Å²) in [5.41, 5.74) is 1.09. The van der Waals surface area contributed by atoms with Crippen LogP contribution >= 0.6 is 0 Å². The zero-order valence-corrected chi connectivity index (χ0v) is 8.56. The molecule has 1 aliphatic carbocycles. The third-order valence-electron chi connectivity index (χ3n) is 2.85. The van der Waals surface area contributed by atoms with E-state index in [-0.39, 0.29) is 0 Å². The van der Waals surface area contributed by atoms with E-state index in [1.807, 2.05) is 10.7 Å². The number of hydroxylamine groups is 2. The van der Waals surface area contributed by atoms with E-state index in [1.54, 1.807) is 13.2 Å². The average Bonchev–Trinajstić information content (AvgIpc) is 2.44. The van der Waals surface area contributed by atoms with Crippen LogP contribution in [0.3, 0.4) is 0 Å². The van der Waals surface area contributed by atoms with Crippen LogP contribution in [0.25, 0.3) is 0 Å². The van der Waals surface area contributed by atoms with Gasteiger partial charge in [-0.05, 0) is 24.8 Å². The summed E-state index contributed by atoms with van der Waals surface area (Å²) in [6, 6.07) is 1.96. The lowest BCUT2D eigenvalue weighted by Gasteiger charge is -2.26. The topological polar surface area (TPSA) is 41.3 Å². The Balaban J connectivity index is 1.97. The quantitative estimate of drug-likeness (QED) is 0.740. The van der Waals surface area contributed by atoms with Gasteiger partial charge in [-0.2, -0.15) is 10.2 Å². The minimum atomic E-state index is 0.548. The molecule has 1 aromatic rings. The number of aromatic nitrogens is 2. The lowest BCUT2D eigenvalue weighted by atomic mass is 9.85. The maximum Gasteiger partial charge on any atom is 0.0655 e. The molecular weight excluding hydrogens is 178 g/mol. The van der Waals surface area contributed by atoms with Crippen molar-refractivity contribution in [3.8, 4) is 0 Å². The maximum atomic E-state index is 9.15. The third kappa shape index (κ3) is 2.13. The molecule has 1 heterocycles. The van der Waals surface area contributed by atoms with Gasteiger partial charge in [0.2, 0.25) is 0 Å². The maximum absolute atomic E-state index is 9.15. The van der Waals surface area contributed by atoms with Crippen molar-refractivity contribution in [3.05, 3.63) is 18.0 Å². The van der Waals surface area contributed by atoms with Crippen LogP contribution < -0.4 is 0 Å². The van der Waals surface area contributed by atoms with Crippen molar-refractivity contribution in [2.75, 3.05) is 7.05 Å². The van der Waals surface area contributed by atoms with E-state index < -0.39 is 0 Å². The second-order valence-electron chi connectivity index (χ2n) is 4.12. The molecule has 2 rings (SSSR count). The summed E-state index contributed by atoms with van der Waals surface area (Å²) in [4.78, 5) is 0. The fourth-order valence-corrected chi connectivity index (χ4v) is 1.81. The molecule has 0 atom stereocenters. The Hall–Kier alpha value is -0.870. The van der Waals surface area contributed by atoms with Crippen molar-refractivity contribution < 1.29 is 5.21 Å². The molecule has 0 bridgehead atoms. The number of hydrogen-bond acceptors (Lipinski definition) is 3. The highest BCUT2D eigenvalue weighted by atomic mass is 16.5. The fourth-order valence-electron chi connectivity index (χ4n) is 1.81. The van der Waals surface area contributed by atoms with Crippen molar-refractivity contribution >= 4 is 0 Å². The van der Waals surface area contributed by atoms with Gasteiger partial charge in [-0.15, -0.1) is 0 Å². The molecule has 4 nitrogen and oxygen atoms in total. The van der Waals surface area contributed by atoms with Crippen LogP contribution in [0.1, 0.15) is 25.0 Å². The van der Waals surface area contributed by atoms with E-state index >= 15 is 0 Å². The molecule has 4 heteroatoms. The molecule has 1 N–H and O–H groups in total. The molecule has 0 radical (unpaired) electrons. The first kappa shape index (κ1) is 9.68. The Kier molecular flexibility index (Phi) is 2.84. The Morgan fingerprint density at radius 2 is 2.43 bits per heavy atom. The van der Waals surface area contributed by atoms with Crippen LogP contribution in [0.2, 0.25) is 0 Å². The SMILES string of the molecule is CN(O)Cc1ccnn1CC1CCC1. The summed E-state index contributed by atoms with van der Waals surface area (Å²) < 4.78 is 2.01. The first-order valence-corrected chi connectivity index (χ1v) is 5.16. The van der Waals surface area contributed by atoms with Crippen LogP contribution in [0.4, 0.5) is 0 Å². The predicted molar refractivity (Wildman–Crippen MR) is 52.8 cm³/mol. The van der Waals surface area contributed by atoms with Gasteiger partial charge in [-0.3, -0.25) is 4.68 Å². The molecule has 0 spiro atoms. The van der Waals surface area contributed by atoms with Crippen molar-refractivity contribution in [2.24, 2.45) is 5.92 Å². The Bertz CT molecular complexity index is 291. The highest BCUT2D eigenvalue weighted by Gasteiger charge is 2.19. The molecule has 0 amide bonds. The summed E-state index contributed by atoms with van der Waals surface area (Å²) in [6.07, 6.45) is 5.82. The van der Waals surface area contributed by atoms with Gasteiger partial charge < -0.3 is 5.21 Å². The first-order chi connectivity index (χ1) is 6.75. The molecule has 1 aliphatic rings. The molecule has 1 fully saturated rings. The van der Waals surface area contributed by atoms with Gasteiger partial charge in [0.1, 0.15) is 0 Å². The Morgan fingerprint density at radius 1 is 1.64 bits per heavy atom. The Morgan fingerprint density at radius 3 is 3.00 bits per heavy atom. The summed E-state index contributed by atoms with van der Waals surface area (Å²) in [7, 11) is 1.65. The molecule has 1 aromatic heterocycles. The smallest absolute Gasteiger partial charge is 0.0655 e. The van der Waals surface area contributed by atoms with E-state index in [0.29, 0.717) is 6.54 Å². The van der Waals surface area contributed by atoms with Gasteiger partial charge in [0.15, 0.2) is 0 Å². The zero-order chi connectivity index (χ0) is 9.97. The van der Waals surface area contributed by atoms with E-state index in [9.17, 15) is 0 Å². The number of nitrogens with zero attached hydrogens (tertiary/aromatic N) is 3. The first-order valence-electron chi connectivity index (χ1n) is 5.16.